The first-order valence-corrected chi connectivity index (χ1v) is 11.5. The van der Waals surface area contributed by atoms with Crippen LogP contribution in [-0.4, -0.2) is 41.4 Å². The average molecular weight is 421 g/mol. The van der Waals surface area contributed by atoms with Crippen LogP contribution in [0.5, 0.6) is 0 Å². The summed E-state index contributed by atoms with van der Waals surface area (Å²) in [4.78, 5) is 12.5. The van der Waals surface area contributed by atoms with Gasteiger partial charge >= 0.3 is 0 Å². The monoisotopic (exact) mass is 420 g/mol. The van der Waals surface area contributed by atoms with E-state index in [2.05, 4.69) is 15.5 Å². The Morgan fingerprint density at radius 2 is 1.79 bits per heavy atom. The number of aromatic amines is 1. The molecule has 0 unspecified atom stereocenters. The molecule has 1 saturated heterocycles. The van der Waals surface area contributed by atoms with Crippen LogP contribution in [-0.2, 0) is 10.0 Å². The number of nitrogens with one attached hydrogen (secondary N) is 2. The molecule has 1 aliphatic carbocycles. The second-order valence-electron chi connectivity index (χ2n) is 7.74. The molecule has 1 aromatic heterocycles. The summed E-state index contributed by atoms with van der Waals surface area (Å²) in [5, 5.41) is 9.99. The molecule has 1 atom stereocenters. The summed E-state index contributed by atoms with van der Waals surface area (Å²) in [6, 6.07) is 6.26. The van der Waals surface area contributed by atoms with Crippen LogP contribution < -0.4 is 5.32 Å². The fraction of sp³-hybridized carbons (Fsp3) is 0.500. The van der Waals surface area contributed by atoms with Crippen LogP contribution >= 0.6 is 0 Å². The number of amides is 1. The largest absolute Gasteiger partial charge is 0.348 e. The third-order valence-corrected chi connectivity index (χ3v) is 7.68. The summed E-state index contributed by atoms with van der Waals surface area (Å²) >= 11 is 0. The molecule has 0 bridgehead atoms. The number of halogens is 1. The first-order chi connectivity index (χ1) is 13.9. The molecule has 2 N–H and O–H groups in total. The standard InChI is InChI=1S/C20H25FN4O3S/c21-14-8-10-16(11-9-14)29(27,28)25-12-4-3-7-19(25)17-13-18(24-23-17)20(26)22-15-5-1-2-6-15/h8-11,13,15,19H,1-7,12H2,(H,22,26)(H,23,24)/t19-/m1/s1. The zero-order valence-electron chi connectivity index (χ0n) is 16.1. The molecule has 1 aromatic carbocycles. The van der Waals surface area contributed by atoms with E-state index in [1.54, 1.807) is 6.07 Å². The third-order valence-electron chi connectivity index (χ3n) is 5.75. The molecule has 0 spiro atoms. The van der Waals surface area contributed by atoms with Crippen LogP contribution in [0.4, 0.5) is 4.39 Å². The van der Waals surface area contributed by atoms with Gasteiger partial charge in [-0.05, 0) is 56.0 Å². The molecule has 1 saturated carbocycles. The minimum atomic E-state index is -3.79. The number of nitrogens with zero attached hydrogens (tertiary/aromatic N) is 2. The fourth-order valence-corrected chi connectivity index (χ4v) is 5.87. The van der Waals surface area contributed by atoms with E-state index in [-0.39, 0.29) is 22.5 Å². The quantitative estimate of drug-likeness (QED) is 0.777. The maximum absolute atomic E-state index is 13.2. The zero-order chi connectivity index (χ0) is 20.4. The Hall–Kier alpha value is -2.26. The van der Waals surface area contributed by atoms with Crippen molar-refractivity contribution in [3.05, 3.63) is 47.5 Å². The summed E-state index contributed by atoms with van der Waals surface area (Å²) in [6.07, 6.45) is 6.46. The predicted molar refractivity (Wildman–Crippen MR) is 105 cm³/mol. The Bertz CT molecular complexity index is 968. The number of H-pyrrole nitrogens is 1. The first kappa shape index (κ1) is 20.0. The Balaban J connectivity index is 1.55. The topological polar surface area (TPSA) is 95.2 Å². The Kier molecular flexibility index (Phi) is 5.69. The van der Waals surface area contributed by atoms with E-state index in [1.165, 1.54) is 16.4 Å². The van der Waals surface area contributed by atoms with E-state index < -0.39 is 21.9 Å². The predicted octanol–water partition coefficient (Wildman–Crippen LogP) is 3.14. The molecule has 29 heavy (non-hydrogen) atoms. The molecular weight excluding hydrogens is 395 g/mol. The van der Waals surface area contributed by atoms with E-state index in [4.69, 9.17) is 0 Å². The SMILES string of the molecule is O=C(NC1CCCC1)c1cc([C@H]2CCCCN2S(=O)(=O)c2ccc(F)cc2)[nH]n1. The van der Waals surface area contributed by atoms with Gasteiger partial charge in [0.1, 0.15) is 11.5 Å². The number of benzene rings is 1. The van der Waals surface area contributed by atoms with Crippen LogP contribution in [0.25, 0.3) is 0 Å². The van der Waals surface area contributed by atoms with Gasteiger partial charge in [-0.1, -0.05) is 19.3 Å². The van der Waals surface area contributed by atoms with Crippen molar-refractivity contribution in [2.24, 2.45) is 0 Å². The fourth-order valence-electron chi connectivity index (χ4n) is 4.20. The van der Waals surface area contributed by atoms with E-state index in [0.717, 1.165) is 50.7 Å². The Morgan fingerprint density at radius 1 is 1.10 bits per heavy atom. The number of aromatic nitrogens is 2. The van der Waals surface area contributed by atoms with Crippen LogP contribution in [0, 0.1) is 5.82 Å². The number of hydrogen-bond donors (Lipinski definition) is 2. The molecule has 2 aliphatic rings. The normalized spacial score (nSPS) is 21.3. The van der Waals surface area contributed by atoms with Crippen molar-refractivity contribution >= 4 is 15.9 Å². The highest BCUT2D eigenvalue weighted by molar-refractivity contribution is 7.89. The van der Waals surface area contributed by atoms with E-state index in [9.17, 15) is 17.6 Å². The average Bonchev–Trinajstić information content (AvgIpc) is 3.40. The van der Waals surface area contributed by atoms with Crippen LogP contribution in [0.15, 0.2) is 35.2 Å². The van der Waals surface area contributed by atoms with Crippen molar-refractivity contribution in [1.82, 2.24) is 19.8 Å². The van der Waals surface area contributed by atoms with Crippen molar-refractivity contribution in [2.45, 2.75) is 61.9 Å². The molecule has 1 aliphatic heterocycles. The minimum Gasteiger partial charge on any atom is -0.348 e. The lowest BCUT2D eigenvalue weighted by Crippen LogP contribution is -2.38. The van der Waals surface area contributed by atoms with E-state index in [1.807, 2.05) is 0 Å². The van der Waals surface area contributed by atoms with Gasteiger partial charge in [0, 0.05) is 12.6 Å². The van der Waals surface area contributed by atoms with Gasteiger partial charge in [0.05, 0.1) is 16.6 Å². The number of rotatable bonds is 5. The molecule has 156 valence electrons. The van der Waals surface area contributed by atoms with Crippen LogP contribution in [0.2, 0.25) is 0 Å². The maximum atomic E-state index is 13.2. The summed E-state index contributed by atoms with van der Waals surface area (Å²) in [6.45, 7) is 0.368. The molecule has 7 nitrogen and oxygen atoms in total. The lowest BCUT2D eigenvalue weighted by molar-refractivity contribution is 0.0932. The molecule has 9 heteroatoms. The highest BCUT2D eigenvalue weighted by Gasteiger charge is 2.35. The van der Waals surface area contributed by atoms with Gasteiger partial charge in [-0.3, -0.25) is 9.89 Å². The van der Waals surface area contributed by atoms with E-state index >= 15 is 0 Å². The molecule has 0 radical (unpaired) electrons. The van der Waals surface area contributed by atoms with Crippen LogP contribution in [0.1, 0.15) is 67.2 Å². The van der Waals surface area contributed by atoms with Crippen molar-refractivity contribution < 1.29 is 17.6 Å². The number of carbonyl (C=O) groups excluding carboxylic acids is 1. The Morgan fingerprint density at radius 3 is 2.52 bits per heavy atom. The lowest BCUT2D eigenvalue weighted by atomic mass is 10.0. The number of piperidine rings is 1. The van der Waals surface area contributed by atoms with Crippen LogP contribution in [0.3, 0.4) is 0 Å². The highest BCUT2D eigenvalue weighted by atomic mass is 32.2. The van der Waals surface area contributed by atoms with Gasteiger partial charge in [-0.15, -0.1) is 0 Å². The summed E-state index contributed by atoms with van der Waals surface area (Å²) in [7, 11) is -3.79. The first-order valence-electron chi connectivity index (χ1n) is 10.1. The third kappa shape index (κ3) is 4.20. The van der Waals surface area contributed by atoms with Gasteiger partial charge in [-0.25, -0.2) is 12.8 Å². The Labute approximate surface area is 169 Å². The second kappa shape index (κ2) is 8.23. The number of carbonyl (C=O) groups is 1. The smallest absolute Gasteiger partial charge is 0.271 e. The van der Waals surface area contributed by atoms with Gasteiger partial charge in [0.15, 0.2) is 0 Å². The van der Waals surface area contributed by atoms with Crippen molar-refractivity contribution in [1.29, 1.82) is 0 Å². The van der Waals surface area contributed by atoms with Gasteiger partial charge < -0.3 is 5.32 Å². The summed E-state index contributed by atoms with van der Waals surface area (Å²) in [5.74, 6) is -0.714. The van der Waals surface area contributed by atoms with Crippen molar-refractivity contribution in [3.63, 3.8) is 0 Å². The number of sulfonamides is 1. The molecule has 2 fully saturated rings. The lowest BCUT2D eigenvalue weighted by Gasteiger charge is -2.33. The van der Waals surface area contributed by atoms with Gasteiger partial charge in [0.25, 0.3) is 5.91 Å². The maximum Gasteiger partial charge on any atom is 0.271 e. The summed E-state index contributed by atoms with van der Waals surface area (Å²) in [5.41, 5.74) is 0.878. The minimum absolute atomic E-state index is 0.0597. The summed E-state index contributed by atoms with van der Waals surface area (Å²) < 4.78 is 40.9. The highest BCUT2D eigenvalue weighted by Crippen LogP contribution is 2.35. The molecule has 4 rings (SSSR count). The molecule has 2 aromatic rings. The second-order valence-corrected chi connectivity index (χ2v) is 9.64. The van der Waals surface area contributed by atoms with Crippen molar-refractivity contribution in [3.8, 4) is 0 Å². The van der Waals surface area contributed by atoms with E-state index in [0.29, 0.717) is 18.7 Å². The molecular formula is C20H25FN4O3S. The number of hydrogen-bond acceptors (Lipinski definition) is 4. The molecule has 2 heterocycles. The van der Waals surface area contributed by atoms with Gasteiger partial charge in [-0.2, -0.15) is 9.40 Å². The van der Waals surface area contributed by atoms with Gasteiger partial charge in [0.2, 0.25) is 10.0 Å². The van der Waals surface area contributed by atoms with Crippen molar-refractivity contribution in [2.75, 3.05) is 6.54 Å². The molecule has 1 amide bonds. The zero-order valence-corrected chi connectivity index (χ0v) is 16.9.